The molecule has 0 saturated heterocycles. The van der Waals surface area contributed by atoms with Crippen LogP contribution in [0, 0.1) is 0 Å². The van der Waals surface area contributed by atoms with Crippen molar-refractivity contribution >= 4 is 46.5 Å². The van der Waals surface area contributed by atoms with E-state index in [2.05, 4.69) is 25.9 Å². The van der Waals surface area contributed by atoms with Crippen LogP contribution in [-0.2, 0) is 30.4 Å². The number of primary amides is 1. The average molecular weight is 546 g/mol. The van der Waals surface area contributed by atoms with Gasteiger partial charge in [0.2, 0.25) is 23.6 Å². The van der Waals surface area contributed by atoms with Gasteiger partial charge in [0.25, 0.3) is 0 Å². The van der Waals surface area contributed by atoms with Crippen LogP contribution in [0.3, 0.4) is 0 Å². The van der Waals surface area contributed by atoms with Gasteiger partial charge < -0.3 is 49.0 Å². The van der Waals surface area contributed by atoms with Crippen LogP contribution in [0.4, 0.5) is 0 Å². The highest BCUT2D eigenvalue weighted by molar-refractivity contribution is 5.96. The van der Waals surface area contributed by atoms with E-state index in [9.17, 15) is 24.0 Å². The van der Waals surface area contributed by atoms with Crippen LogP contribution in [0.5, 0.6) is 0 Å². The Morgan fingerprint density at radius 1 is 0.974 bits per heavy atom. The number of hydrogen-bond donors (Lipinski definition) is 9. The van der Waals surface area contributed by atoms with E-state index in [-0.39, 0.29) is 25.3 Å². The van der Waals surface area contributed by atoms with Gasteiger partial charge in [0.05, 0.1) is 12.5 Å². The third-order valence-electron chi connectivity index (χ3n) is 5.80. The lowest BCUT2D eigenvalue weighted by Gasteiger charge is -2.24. The number of carbonyl (C=O) groups is 5. The van der Waals surface area contributed by atoms with Crippen molar-refractivity contribution in [1.29, 1.82) is 0 Å². The Bertz CT molecular complexity index is 1220. The first-order valence-corrected chi connectivity index (χ1v) is 12.2. The summed E-state index contributed by atoms with van der Waals surface area (Å²) < 4.78 is 0. The number of nitrogens with one attached hydrogen (secondary N) is 4. The van der Waals surface area contributed by atoms with E-state index in [1.807, 2.05) is 24.3 Å². The molecule has 4 amide bonds. The minimum absolute atomic E-state index is 0.0126. The van der Waals surface area contributed by atoms with Gasteiger partial charge >= 0.3 is 5.97 Å². The fourth-order valence-corrected chi connectivity index (χ4v) is 3.72. The van der Waals surface area contributed by atoms with Crippen LogP contribution in [0.2, 0.25) is 0 Å². The number of rotatable bonds is 15. The van der Waals surface area contributed by atoms with E-state index in [0.717, 1.165) is 10.9 Å². The van der Waals surface area contributed by atoms with Crippen molar-refractivity contribution in [2.24, 2.45) is 27.9 Å². The molecule has 212 valence electrons. The zero-order valence-corrected chi connectivity index (χ0v) is 21.5. The highest BCUT2D eigenvalue weighted by Crippen LogP contribution is 2.19. The van der Waals surface area contributed by atoms with Gasteiger partial charge in [-0.1, -0.05) is 18.2 Å². The first-order valence-electron chi connectivity index (χ1n) is 12.2. The molecule has 4 atom stereocenters. The molecule has 0 spiro atoms. The van der Waals surface area contributed by atoms with Crippen molar-refractivity contribution in [1.82, 2.24) is 20.9 Å². The smallest absolute Gasteiger partial charge is 0.325 e. The molecule has 2 rings (SSSR count). The van der Waals surface area contributed by atoms with Crippen LogP contribution in [0.1, 0.15) is 31.7 Å². The Hall–Kier alpha value is -4.66. The maximum absolute atomic E-state index is 13.3. The number of aromatic amines is 1. The largest absolute Gasteiger partial charge is 0.480 e. The molecule has 39 heavy (non-hydrogen) atoms. The SMILES string of the molecule is CC(NC(=O)C(CC(N)=O)NC(=O)C(Cc1c[nH]c2ccccc12)NC(=O)C(N)CCCN=C(N)N)C(=O)O. The molecule has 0 aliphatic heterocycles. The molecule has 2 aromatic rings. The topological polar surface area (TPSA) is 274 Å². The average Bonchev–Trinajstić information content (AvgIpc) is 3.27. The molecule has 0 radical (unpaired) electrons. The van der Waals surface area contributed by atoms with Crippen LogP contribution in [0.25, 0.3) is 10.9 Å². The molecule has 0 fully saturated rings. The molecule has 0 aliphatic carbocycles. The number of para-hydroxylation sites is 1. The summed E-state index contributed by atoms with van der Waals surface area (Å²) in [6.07, 6.45) is 1.74. The third-order valence-corrected chi connectivity index (χ3v) is 5.80. The summed E-state index contributed by atoms with van der Waals surface area (Å²) in [5, 5.41) is 17.1. The van der Waals surface area contributed by atoms with E-state index in [1.165, 1.54) is 6.92 Å². The molecule has 1 aromatic heterocycles. The first kappa shape index (κ1) is 30.6. The van der Waals surface area contributed by atoms with Gasteiger partial charge in [-0.05, 0) is 31.4 Å². The fourth-order valence-electron chi connectivity index (χ4n) is 3.72. The number of benzene rings is 1. The summed E-state index contributed by atoms with van der Waals surface area (Å²) in [5.41, 5.74) is 23.3. The standard InChI is InChI=1S/C24H35N9O6/c1-12(23(38)39)31-21(36)18(10-19(26)34)33-22(37)17(9-13-11-30-16-7-3-2-5-14(13)16)32-20(35)15(25)6-4-8-29-24(27)28/h2-3,5,7,11-12,15,17-18,30H,4,6,8-10,25H2,1H3,(H2,26,34)(H,31,36)(H,32,35)(H,33,37)(H,38,39)(H4,27,28,29). The number of guanidine groups is 1. The molecule has 0 aliphatic rings. The first-order chi connectivity index (χ1) is 18.4. The van der Waals surface area contributed by atoms with E-state index >= 15 is 0 Å². The Kier molecular flexibility index (Phi) is 11.2. The zero-order valence-electron chi connectivity index (χ0n) is 21.5. The quantitative estimate of drug-likeness (QED) is 0.0650. The number of carboxylic acids is 1. The summed E-state index contributed by atoms with van der Waals surface area (Å²) >= 11 is 0. The Balaban J connectivity index is 2.24. The van der Waals surface area contributed by atoms with Gasteiger partial charge in [-0.3, -0.25) is 29.0 Å². The van der Waals surface area contributed by atoms with Gasteiger partial charge in [0, 0.05) is 30.1 Å². The molecule has 15 heteroatoms. The van der Waals surface area contributed by atoms with Crippen molar-refractivity contribution in [3.63, 3.8) is 0 Å². The van der Waals surface area contributed by atoms with Crippen molar-refractivity contribution in [3.05, 3.63) is 36.0 Å². The highest BCUT2D eigenvalue weighted by Gasteiger charge is 2.31. The van der Waals surface area contributed by atoms with Crippen molar-refractivity contribution in [2.45, 2.75) is 56.8 Å². The molecule has 1 heterocycles. The molecule has 0 saturated carbocycles. The van der Waals surface area contributed by atoms with Gasteiger partial charge in [0.15, 0.2) is 5.96 Å². The summed E-state index contributed by atoms with van der Waals surface area (Å²) in [4.78, 5) is 68.5. The third kappa shape index (κ3) is 9.62. The predicted molar refractivity (Wildman–Crippen MR) is 143 cm³/mol. The summed E-state index contributed by atoms with van der Waals surface area (Å²) in [7, 11) is 0. The number of H-pyrrole nitrogens is 1. The number of nitrogens with zero attached hydrogens (tertiary/aromatic N) is 1. The molecule has 0 bridgehead atoms. The number of fused-ring (bicyclic) bond motifs is 1. The zero-order chi connectivity index (χ0) is 29.1. The fraction of sp³-hybridized carbons (Fsp3) is 0.417. The number of aliphatic carboxylic acids is 1. The lowest BCUT2D eigenvalue weighted by molar-refractivity contribution is -0.142. The summed E-state index contributed by atoms with van der Waals surface area (Å²) in [6.45, 7) is 1.49. The lowest BCUT2D eigenvalue weighted by atomic mass is 10.0. The molecular formula is C24H35N9O6. The number of amides is 4. The number of hydrogen-bond acceptors (Lipinski definition) is 7. The minimum Gasteiger partial charge on any atom is -0.480 e. The van der Waals surface area contributed by atoms with Gasteiger partial charge in [-0.15, -0.1) is 0 Å². The van der Waals surface area contributed by atoms with Crippen LogP contribution in [0.15, 0.2) is 35.5 Å². The van der Waals surface area contributed by atoms with E-state index < -0.39 is 60.2 Å². The second-order valence-corrected chi connectivity index (χ2v) is 8.98. The maximum atomic E-state index is 13.3. The van der Waals surface area contributed by atoms with E-state index in [1.54, 1.807) is 6.20 Å². The van der Waals surface area contributed by atoms with Crippen molar-refractivity contribution in [3.8, 4) is 0 Å². The predicted octanol–water partition coefficient (Wildman–Crippen LogP) is -2.47. The molecule has 4 unspecified atom stereocenters. The highest BCUT2D eigenvalue weighted by atomic mass is 16.4. The molecule has 15 nitrogen and oxygen atoms in total. The second-order valence-electron chi connectivity index (χ2n) is 8.98. The Morgan fingerprint density at radius 3 is 2.26 bits per heavy atom. The van der Waals surface area contributed by atoms with Gasteiger partial charge in [-0.25, -0.2) is 0 Å². The van der Waals surface area contributed by atoms with E-state index in [4.69, 9.17) is 28.0 Å². The molecule has 1 aromatic carbocycles. The normalized spacial score (nSPS) is 13.9. The number of carboxylic acid groups (broad SMARTS) is 1. The molecular weight excluding hydrogens is 510 g/mol. The minimum atomic E-state index is -1.48. The van der Waals surface area contributed by atoms with Crippen molar-refractivity contribution < 1.29 is 29.1 Å². The van der Waals surface area contributed by atoms with Gasteiger partial charge in [0.1, 0.15) is 18.1 Å². The summed E-state index contributed by atoms with van der Waals surface area (Å²) in [6, 6.07) is 2.37. The number of nitrogens with two attached hydrogens (primary N) is 4. The number of carbonyl (C=O) groups excluding carboxylic acids is 4. The van der Waals surface area contributed by atoms with Crippen LogP contribution >= 0.6 is 0 Å². The van der Waals surface area contributed by atoms with Crippen LogP contribution < -0.4 is 38.9 Å². The summed E-state index contributed by atoms with van der Waals surface area (Å²) in [5.74, 6) is -4.66. The van der Waals surface area contributed by atoms with Crippen molar-refractivity contribution in [2.75, 3.05) is 6.54 Å². The number of aliphatic imine (C=N–C) groups is 1. The Labute approximate surface area is 224 Å². The van der Waals surface area contributed by atoms with Gasteiger partial charge in [-0.2, -0.15) is 0 Å². The van der Waals surface area contributed by atoms with E-state index in [0.29, 0.717) is 12.0 Å². The molecule has 13 N–H and O–H groups in total. The number of aromatic nitrogens is 1. The Morgan fingerprint density at radius 2 is 1.62 bits per heavy atom. The monoisotopic (exact) mass is 545 g/mol. The lowest BCUT2D eigenvalue weighted by Crippen LogP contribution is -2.58. The second kappa shape index (κ2) is 14.3. The maximum Gasteiger partial charge on any atom is 0.325 e. The van der Waals surface area contributed by atoms with Crippen LogP contribution in [-0.4, -0.2) is 76.4 Å².